The molecule has 2 heterocycles. The molecule has 7 heteroatoms. The van der Waals surface area contributed by atoms with Crippen LogP contribution in [0.4, 0.5) is 5.82 Å². The maximum atomic E-state index is 11.8. The molecule has 1 aliphatic heterocycles. The molecule has 1 saturated heterocycles. The number of rotatable bonds is 3. The first kappa shape index (κ1) is 15.2. The summed E-state index contributed by atoms with van der Waals surface area (Å²) in [6, 6.07) is 3.54. The summed E-state index contributed by atoms with van der Waals surface area (Å²) in [7, 11) is 0. The normalized spacial score (nSPS) is 15.2. The SMILES string of the molecule is CC(=O)N1CCN(c2ccc(C(=O)NC(C)C)nn2)CC1. The van der Waals surface area contributed by atoms with Gasteiger partial charge in [-0.05, 0) is 26.0 Å². The standard InChI is InChI=1S/C14H21N5O2/c1-10(2)15-14(21)12-4-5-13(17-16-12)19-8-6-18(7-9-19)11(3)20/h4-5,10H,6-9H2,1-3H3,(H,15,21). The summed E-state index contributed by atoms with van der Waals surface area (Å²) >= 11 is 0. The topological polar surface area (TPSA) is 78.4 Å². The number of hydrogen-bond acceptors (Lipinski definition) is 5. The second-order valence-electron chi connectivity index (χ2n) is 5.40. The average molecular weight is 291 g/mol. The Morgan fingerprint density at radius 1 is 1.14 bits per heavy atom. The highest BCUT2D eigenvalue weighted by molar-refractivity contribution is 5.92. The largest absolute Gasteiger partial charge is 0.352 e. The van der Waals surface area contributed by atoms with E-state index in [2.05, 4.69) is 20.4 Å². The second-order valence-corrected chi connectivity index (χ2v) is 5.40. The summed E-state index contributed by atoms with van der Waals surface area (Å²) in [6.45, 7) is 8.21. The molecule has 0 atom stereocenters. The third kappa shape index (κ3) is 3.90. The fourth-order valence-electron chi connectivity index (χ4n) is 2.20. The first-order valence-electron chi connectivity index (χ1n) is 7.12. The van der Waals surface area contributed by atoms with E-state index < -0.39 is 0 Å². The van der Waals surface area contributed by atoms with Crippen LogP contribution in [-0.4, -0.2) is 59.1 Å². The third-order valence-electron chi connectivity index (χ3n) is 3.35. The van der Waals surface area contributed by atoms with Crippen LogP contribution < -0.4 is 10.2 Å². The molecule has 2 amide bonds. The predicted molar refractivity (Wildman–Crippen MR) is 79.1 cm³/mol. The molecule has 1 N–H and O–H groups in total. The highest BCUT2D eigenvalue weighted by Crippen LogP contribution is 2.12. The number of hydrogen-bond donors (Lipinski definition) is 1. The number of aromatic nitrogens is 2. The Morgan fingerprint density at radius 3 is 2.29 bits per heavy atom. The van der Waals surface area contributed by atoms with Crippen molar-refractivity contribution < 1.29 is 9.59 Å². The molecule has 1 aliphatic rings. The van der Waals surface area contributed by atoms with E-state index in [0.29, 0.717) is 18.8 Å². The van der Waals surface area contributed by atoms with Crippen molar-refractivity contribution in [1.29, 1.82) is 0 Å². The highest BCUT2D eigenvalue weighted by atomic mass is 16.2. The number of amides is 2. The summed E-state index contributed by atoms with van der Waals surface area (Å²) in [5.74, 6) is 0.617. The molecule has 1 aromatic rings. The lowest BCUT2D eigenvalue weighted by Crippen LogP contribution is -2.48. The molecule has 0 unspecified atom stereocenters. The van der Waals surface area contributed by atoms with Crippen LogP contribution in [0.3, 0.4) is 0 Å². The summed E-state index contributed by atoms with van der Waals surface area (Å²) in [6.07, 6.45) is 0. The van der Waals surface area contributed by atoms with Gasteiger partial charge >= 0.3 is 0 Å². The lowest BCUT2D eigenvalue weighted by molar-refractivity contribution is -0.129. The Labute approximate surface area is 124 Å². The Bertz CT molecular complexity index is 507. The van der Waals surface area contributed by atoms with Gasteiger partial charge in [-0.3, -0.25) is 9.59 Å². The van der Waals surface area contributed by atoms with Gasteiger partial charge in [-0.25, -0.2) is 0 Å². The molecule has 0 bridgehead atoms. The smallest absolute Gasteiger partial charge is 0.271 e. The third-order valence-corrected chi connectivity index (χ3v) is 3.35. The van der Waals surface area contributed by atoms with Crippen LogP contribution in [-0.2, 0) is 4.79 Å². The van der Waals surface area contributed by atoms with Gasteiger partial charge in [-0.1, -0.05) is 0 Å². The first-order chi connectivity index (χ1) is 9.97. The zero-order valence-electron chi connectivity index (χ0n) is 12.7. The number of piperazine rings is 1. The molecule has 2 rings (SSSR count). The molecule has 0 aromatic carbocycles. The molecule has 21 heavy (non-hydrogen) atoms. The van der Waals surface area contributed by atoms with Crippen molar-refractivity contribution in [3.63, 3.8) is 0 Å². The van der Waals surface area contributed by atoms with E-state index >= 15 is 0 Å². The van der Waals surface area contributed by atoms with Crippen molar-refractivity contribution in [3.05, 3.63) is 17.8 Å². The molecule has 0 radical (unpaired) electrons. The van der Waals surface area contributed by atoms with Gasteiger partial charge in [0.05, 0.1) is 0 Å². The van der Waals surface area contributed by atoms with Gasteiger partial charge in [-0.15, -0.1) is 10.2 Å². The molecule has 114 valence electrons. The van der Waals surface area contributed by atoms with Crippen LogP contribution in [0.15, 0.2) is 12.1 Å². The van der Waals surface area contributed by atoms with Crippen molar-refractivity contribution in [2.24, 2.45) is 0 Å². The van der Waals surface area contributed by atoms with Crippen LogP contribution >= 0.6 is 0 Å². The van der Waals surface area contributed by atoms with E-state index in [4.69, 9.17) is 0 Å². The maximum Gasteiger partial charge on any atom is 0.271 e. The Morgan fingerprint density at radius 2 is 1.81 bits per heavy atom. The van der Waals surface area contributed by atoms with Crippen molar-refractivity contribution in [1.82, 2.24) is 20.4 Å². The zero-order valence-corrected chi connectivity index (χ0v) is 12.7. The summed E-state index contributed by atoms with van der Waals surface area (Å²) in [5, 5.41) is 10.9. The van der Waals surface area contributed by atoms with E-state index in [9.17, 15) is 9.59 Å². The Kier molecular flexibility index (Phi) is 4.72. The van der Waals surface area contributed by atoms with E-state index in [1.54, 1.807) is 19.1 Å². The van der Waals surface area contributed by atoms with E-state index in [1.165, 1.54) is 0 Å². The van der Waals surface area contributed by atoms with Crippen LogP contribution in [0, 0.1) is 0 Å². The van der Waals surface area contributed by atoms with Gasteiger partial charge in [-0.2, -0.15) is 0 Å². The monoisotopic (exact) mass is 291 g/mol. The van der Waals surface area contributed by atoms with Crippen LogP contribution in [0.1, 0.15) is 31.3 Å². The van der Waals surface area contributed by atoms with Gasteiger partial charge in [0.1, 0.15) is 0 Å². The number of anilines is 1. The van der Waals surface area contributed by atoms with Gasteiger partial charge in [0.25, 0.3) is 5.91 Å². The molecule has 1 fully saturated rings. The summed E-state index contributed by atoms with van der Waals surface area (Å²) in [5.41, 5.74) is 0.315. The minimum Gasteiger partial charge on any atom is -0.352 e. The lowest BCUT2D eigenvalue weighted by Gasteiger charge is -2.34. The zero-order chi connectivity index (χ0) is 15.4. The number of nitrogens with zero attached hydrogens (tertiary/aromatic N) is 4. The number of nitrogens with one attached hydrogen (secondary N) is 1. The minimum absolute atomic E-state index is 0.0682. The van der Waals surface area contributed by atoms with Crippen molar-refractivity contribution in [2.45, 2.75) is 26.8 Å². The predicted octanol–water partition coefficient (Wildman–Crippen LogP) is 0.283. The van der Waals surface area contributed by atoms with E-state index in [0.717, 1.165) is 18.9 Å². The molecule has 0 spiro atoms. The fourth-order valence-corrected chi connectivity index (χ4v) is 2.20. The van der Waals surface area contributed by atoms with Crippen molar-refractivity contribution >= 4 is 17.6 Å². The van der Waals surface area contributed by atoms with E-state index in [1.807, 2.05) is 18.7 Å². The lowest BCUT2D eigenvalue weighted by atomic mass is 10.3. The van der Waals surface area contributed by atoms with Crippen LogP contribution in [0.25, 0.3) is 0 Å². The van der Waals surface area contributed by atoms with Gasteiger partial charge in [0, 0.05) is 39.1 Å². The average Bonchev–Trinajstić information content (AvgIpc) is 2.47. The second kappa shape index (κ2) is 6.51. The van der Waals surface area contributed by atoms with Crippen LogP contribution in [0.2, 0.25) is 0 Å². The van der Waals surface area contributed by atoms with Gasteiger partial charge in [0.15, 0.2) is 11.5 Å². The highest BCUT2D eigenvalue weighted by Gasteiger charge is 2.20. The Balaban J connectivity index is 1.97. The Hall–Kier alpha value is -2.18. The summed E-state index contributed by atoms with van der Waals surface area (Å²) < 4.78 is 0. The van der Waals surface area contributed by atoms with Gasteiger partial charge in [0.2, 0.25) is 5.91 Å². The number of carbonyl (C=O) groups excluding carboxylic acids is 2. The number of carbonyl (C=O) groups is 2. The molecule has 7 nitrogen and oxygen atoms in total. The molecule has 0 saturated carbocycles. The molecular formula is C14H21N5O2. The molecule has 0 aliphatic carbocycles. The quantitative estimate of drug-likeness (QED) is 0.865. The minimum atomic E-state index is -0.217. The molecular weight excluding hydrogens is 270 g/mol. The van der Waals surface area contributed by atoms with Crippen molar-refractivity contribution in [2.75, 3.05) is 31.1 Å². The van der Waals surface area contributed by atoms with E-state index in [-0.39, 0.29) is 17.9 Å². The fraction of sp³-hybridized carbons (Fsp3) is 0.571. The molecule has 1 aromatic heterocycles. The van der Waals surface area contributed by atoms with Gasteiger partial charge < -0.3 is 15.1 Å². The summed E-state index contributed by atoms with van der Waals surface area (Å²) in [4.78, 5) is 27.0. The van der Waals surface area contributed by atoms with Crippen molar-refractivity contribution in [3.8, 4) is 0 Å². The maximum absolute atomic E-state index is 11.8. The van der Waals surface area contributed by atoms with Crippen LogP contribution in [0.5, 0.6) is 0 Å². The first-order valence-corrected chi connectivity index (χ1v) is 7.12.